The Balaban J connectivity index is 1.24. The zero-order valence-electron chi connectivity index (χ0n) is 36.7. The van der Waals surface area contributed by atoms with E-state index in [1.807, 2.05) is 0 Å². The number of benzene rings is 10. The minimum Gasteiger partial charge on any atom is -0.306 e. The molecule has 0 amide bonds. The van der Waals surface area contributed by atoms with Gasteiger partial charge in [-0.25, -0.2) is 4.52 Å². The molecule has 67 heavy (non-hydrogen) atoms. The smallest absolute Gasteiger partial charge is 0.101 e. The Morgan fingerprint density at radius 1 is 0.358 bits per heavy atom. The molecule has 0 spiro atoms. The van der Waals surface area contributed by atoms with Crippen LogP contribution < -0.4 is 4.90 Å². The maximum atomic E-state index is 5.78. The summed E-state index contributed by atoms with van der Waals surface area (Å²) in [7, 11) is 0. The van der Waals surface area contributed by atoms with E-state index in [4.69, 9.17) is 5.10 Å². The number of hydrogen-bond acceptors (Lipinski definition) is 2. The van der Waals surface area contributed by atoms with Gasteiger partial charge >= 0.3 is 0 Å². The van der Waals surface area contributed by atoms with E-state index in [1.54, 1.807) is 0 Å². The lowest BCUT2D eigenvalue weighted by Gasteiger charge is -2.35. The Kier molecular flexibility index (Phi) is 9.07. The Hall–Kier alpha value is -8.79. The van der Waals surface area contributed by atoms with Crippen LogP contribution in [0.5, 0.6) is 0 Å². The molecule has 0 bridgehead atoms. The van der Waals surface area contributed by atoms with Crippen molar-refractivity contribution in [3.63, 3.8) is 0 Å². The molecule has 0 unspecified atom stereocenters. The lowest BCUT2D eigenvalue weighted by molar-refractivity contribution is 0.768. The molecule has 0 radical (unpaired) electrons. The van der Waals surface area contributed by atoms with Gasteiger partial charge in [0.2, 0.25) is 0 Å². The zero-order chi connectivity index (χ0) is 44.3. The standard InChI is InChI=1S/C64H43N3/c1-6-25-45(26-7-1)58-60(46-27-8-2-9-28-46)65-67-61(47-29-10-3-11-30-47)63(52-38-19-18-37-51(52)62(58)67)66(56-42-22-31-44-24-16-17-36-50(44)56)57-43-23-41-55-59(57)53-39-20-21-40-54(53)64(55,48-32-12-4-13-33-48)49-34-14-5-15-35-49/h1-43H. The minimum atomic E-state index is -0.583. The van der Waals surface area contributed by atoms with Gasteiger partial charge in [0.05, 0.1) is 33.7 Å². The largest absolute Gasteiger partial charge is 0.306 e. The summed E-state index contributed by atoms with van der Waals surface area (Å²) in [6, 6.07) is 95.0. The SMILES string of the molecule is c1ccc(-c2nn3c(-c4ccccc4)c(N(c4cccc5c4-c4ccccc4C5(c4ccccc4)c4ccccc4)c4cccc5ccccc45)c4ccccc4c3c2-c2ccccc2)cc1. The topological polar surface area (TPSA) is 20.5 Å². The van der Waals surface area contributed by atoms with Crippen molar-refractivity contribution in [2.75, 3.05) is 4.90 Å². The maximum Gasteiger partial charge on any atom is 0.101 e. The van der Waals surface area contributed by atoms with Crippen molar-refractivity contribution in [2.24, 2.45) is 0 Å². The van der Waals surface area contributed by atoms with Gasteiger partial charge in [-0.2, -0.15) is 5.10 Å². The molecule has 2 heterocycles. The quantitative estimate of drug-likeness (QED) is 0.152. The number of aromatic nitrogens is 2. The van der Waals surface area contributed by atoms with Crippen molar-refractivity contribution >= 4 is 44.1 Å². The van der Waals surface area contributed by atoms with Crippen molar-refractivity contribution in [1.82, 2.24) is 9.61 Å². The van der Waals surface area contributed by atoms with E-state index >= 15 is 0 Å². The summed E-state index contributed by atoms with van der Waals surface area (Å²) in [5.41, 5.74) is 17.4. The fourth-order valence-corrected chi connectivity index (χ4v) is 11.1. The summed E-state index contributed by atoms with van der Waals surface area (Å²) in [5.74, 6) is 0. The van der Waals surface area contributed by atoms with E-state index < -0.39 is 5.41 Å². The van der Waals surface area contributed by atoms with Crippen molar-refractivity contribution in [3.05, 3.63) is 283 Å². The van der Waals surface area contributed by atoms with Gasteiger partial charge in [-0.05, 0) is 50.9 Å². The summed E-state index contributed by atoms with van der Waals surface area (Å²) < 4.78 is 2.26. The van der Waals surface area contributed by atoms with E-state index in [1.165, 1.54) is 38.8 Å². The highest BCUT2D eigenvalue weighted by Crippen LogP contribution is 2.61. The summed E-state index contributed by atoms with van der Waals surface area (Å²) in [5, 5.41) is 10.3. The number of pyridine rings is 1. The third-order valence-corrected chi connectivity index (χ3v) is 13.8. The minimum absolute atomic E-state index is 0.583. The van der Waals surface area contributed by atoms with Crippen LogP contribution in [0.4, 0.5) is 17.1 Å². The average Bonchev–Trinajstić information content (AvgIpc) is 3.96. The summed E-state index contributed by atoms with van der Waals surface area (Å²) >= 11 is 0. The third-order valence-electron chi connectivity index (χ3n) is 13.8. The third kappa shape index (κ3) is 5.88. The Labute approximate surface area is 390 Å². The van der Waals surface area contributed by atoms with Crippen molar-refractivity contribution in [3.8, 4) is 44.8 Å². The molecule has 0 atom stereocenters. The molecule has 10 aromatic carbocycles. The lowest BCUT2D eigenvalue weighted by atomic mass is 9.68. The second-order valence-electron chi connectivity index (χ2n) is 17.4. The van der Waals surface area contributed by atoms with Gasteiger partial charge in [0.25, 0.3) is 0 Å². The molecule has 13 rings (SSSR count). The summed E-state index contributed by atoms with van der Waals surface area (Å²) in [6.07, 6.45) is 0. The van der Waals surface area contributed by atoms with Crippen LogP contribution in [0.15, 0.2) is 261 Å². The highest BCUT2D eigenvalue weighted by atomic mass is 15.3. The first-order valence-electron chi connectivity index (χ1n) is 23.1. The summed E-state index contributed by atoms with van der Waals surface area (Å²) in [4.78, 5) is 2.57. The second-order valence-corrected chi connectivity index (χ2v) is 17.4. The van der Waals surface area contributed by atoms with Crippen LogP contribution in [-0.2, 0) is 5.41 Å². The molecular weight excluding hydrogens is 811 g/mol. The van der Waals surface area contributed by atoms with Crippen LogP contribution in [0.2, 0.25) is 0 Å². The number of anilines is 3. The highest BCUT2D eigenvalue weighted by Gasteiger charge is 2.47. The molecule has 1 aliphatic carbocycles. The van der Waals surface area contributed by atoms with E-state index in [-0.39, 0.29) is 0 Å². The number of fused-ring (bicyclic) bond motifs is 7. The number of nitrogens with zero attached hydrogens (tertiary/aromatic N) is 3. The van der Waals surface area contributed by atoms with Crippen LogP contribution in [-0.4, -0.2) is 9.61 Å². The molecule has 0 N–H and O–H groups in total. The Morgan fingerprint density at radius 3 is 1.54 bits per heavy atom. The number of rotatable bonds is 8. The van der Waals surface area contributed by atoms with Crippen molar-refractivity contribution in [2.45, 2.75) is 5.41 Å². The molecule has 3 nitrogen and oxygen atoms in total. The molecule has 0 aliphatic heterocycles. The maximum absolute atomic E-state index is 5.78. The van der Waals surface area contributed by atoms with Crippen molar-refractivity contribution < 1.29 is 0 Å². The lowest BCUT2D eigenvalue weighted by Crippen LogP contribution is -2.28. The van der Waals surface area contributed by atoms with Gasteiger partial charge in [-0.1, -0.05) is 249 Å². The van der Waals surface area contributed by atoms with Gasteiger partial charge in [-0.3, -0.25) is 0 Å². The predicted octanol–water partition coefficient (Wildman–Crippen LogP) is 16.5. The van der Waals surface area contributed by atoms with Crippen LogP contribution in [0.25, 0.3) is 71.8 Å². The van der Waals surface area contributed by atoms with Gasteiger partial charge in [0.1, 0.15) is 5.69 Å². The van der Waals surface area contributed by atoms with Gasteiger partial charge in [0.15, 0.2) is 0 Å². The van der Waals surface area contributed by atoms with E-state index in [0.29, 0.717) is 0 Å². The molecule has 12 aromatic rings. The number of hydrogen-bond donors (Lipinski definition) is 0. The van der Waals surface area contributed by atoms with Crippen LogP contribution in [0.1, 0.15) is 22.3 Å². The first kappa shape index (κ1) is 38.6. The first-order valence-corrected chi connectivity index (χ1v) is 23.1. The molecule has 0 saturated heterocycles. The van der Waals surface area contributed by atoms with E-state index in [0.717, 1.165) is 72.4 Å². The monoisotopic (exact) mass is 853 g/mol. The van der Waals surface area contributed by atoms with Gasteiger partial charge in [-0.15, -0.1) is 0 Å². The van der Waals surface area contributed by atoms with Crippen LogP contribution in [0, 0.1) is 0 Å². The highest BCUT2D eigenvalue weighted by molar-refractivity contribution is 6.18. The van der Waals surface area contributed by atoms with Crippen LogP contribution >= 0.6 is 0 Å². The fraction of sp³-hybridized carbons (Fsp3) is 0.0156. The normalized spacial score (nSPS) is 12.6. The molecule has 1 aliphatic rings. The molecule has 0 saturated carbocycles. The van der Waals surface area contributed by atoms with Gasteiger partial charge in [0, 0.05) is 38.4 Å². The molecular formula is C64H43N3. The van der Waals surface area contributed by atoms with Crippen molar-refractivity contribution in [1.29, 1.82) is 0 Å². The predicted molar refractivity (Wildman–Crippen MR) is 278 cm³/mol. The Bertz CT molecular complexity index is 3740. The average molecular weight is 854 g/mol. The second kappa shape index (κ2) is 15.7. The molecule has 2 aromatic heterocycles. The zero-order valence-corrected chi connectivity index (χ0v) is 36.7. The fourth-order valence-electron chi connectivity index (χ4n) is 11.1. The van der Waals surface area contributed by atoms with Gasteiger partial charge < -0.3 is 4.90 Å². The Morgan fingerprint density at radius 2 is 0.851 bits per heavy atom. The van der Waals surface area contributed by atoms with Crippen LogP contribution in [0.3, 0.4) is 0 Å². The molecule has 314 valence electrons. The van der Waals surface area contributed by atoms with E-state index in [9.17, 15) is 0 Å². The summed E-state index contributed by atoms with van der Waals surface area (Å²) in [6.45, 7) is 0. The molecule has 3 heteroatoms. The first-order chi connectivity index (χ1) is 33.3. The van der Waals surface area contributed by atoms with E-state index in [2.05, 4.69) is 270 Å². The molecule has 0 fully saturated rings.